The summed E-state index contributed by atoms with van der Waals surface area (Å²) in [6.45, 7) is 1.13. The van der Waals surface area contributed by atoms with E-state index in [1.165, 1.54) is 54.6 Å². The van der Waals surface area contributed by atoms with E-state index in [0.29, 0.717) is 6.04 Å². The summed E-state index contributed by atoms with van der Waals surface area (Å²) < 4.78 is 2.25. The summed E-state index contributed by atoms with van der Waals surface area (Å²) in [5.74, 6) is 0. The molecule has 3 nitrogen and oxygen atoms in total. The van der Waals surface area contributed by atoms with Crippen molar-refractivity contribution in [3.05, 3.63) is 47.5 Å². The van der Waals surface area contributed by atoms with Crippen LogP contribution < -0.4 is 5.32 Å². The van der Waals surface area contributed by atoms with Crippen LogP contribution in [0, 0.1) is 0 Å². The molecule has 1 saturated heterocycles. The highest BCUT2D eigenvalue weighted by Gasteiger charge is 2.21. The standard InChI is InChI=1S/C16H19N3/c1-3-12-6-7-14(9-13(12)4-1)19-11-17-10-16(19)15-5-2-8-18-15/h6-7,9-11,15,18H,1-5,8H2. The van der Waals surface area contributed by atoms with Crippen LogP contribution in [0.5, 0.6) is 0 Å². The van der Waals surface area contributed by atoms with Crippen LogP contribution >= 0.6 is 0 Å². The van der Waals surface area contributed by atoms with Gasteiger partial charge in [-0.1, -0.05) is 6.07 Å². The van der Waals surface area contributed by atoms with E-state index in [0.717, 1.165) is 6.54 Å². The molecule has 1 fully saturated rings. The molecule has 19 heavy (non-hydrogen) atoms. The Morgan fingerprint density at radius 1 is 1.16 bits per heavy atom. The first-order valence-corrected chi connectivity index (χ1v) is 7.29. The topological polar surface area (TPSA) is 29.9 Å². The van der Waals surface area contributed by atoms with Gasteiger partial charge in [0, 0.05) is 11.7 Å². The van der Waals surface area contributed by atoms with E-state index in [2.05, 4.69) is 33.1 Å². The summed E-state index contributed by atoms with van der Waals surface area (Å²) in [6.07, 6.45) is 10.2. The number of imidazole rings is 1. The molecule has 0 spiro atoms. The van der Waals surface area contributed by atoms with Crippen LogP contribution in [-0.2, 0) is 12.8 Å². The predicted molar refractivity (Wildman–Crippen MR) is 75.6 cm³/mol. The Labute approximate surface area is 113 Å². The Kier molecular flexibility index (Phi) is 2.66. The molecule has 1 aliphatic carbocycles. The summed E-state index contributed by atoms with van der Waals surface area (Å²) in [5, 5.41) is 3.56. The number of aromatic nitrogens is 2. The number of fused-ring (bicyclic) bond motifs is 1. The zero-order valence-electron chi connectivity index (χ0n) is 11.1. The number of hydrogen-bond donors (Lipinski definition) is 1. The summed E-state index contributed by atoms with van der Waals surface area (Å²) in [7, 11) is 0. The Bertz CT molecular complexity index is 594. The zero-order valence-corrected chi connectivity index (χ0v) is 11.1. The quantitative estimate of drug-likeness (QED) is 0.892. The van der Waals surface area contributed by atoms with Gasteiger partial charge in [0.15, 0.2) is 0 Å². The van der Waals surface area contributed by atoms with Gasteiger partial charge in [-0.2, -0.15) is 0 Å². The van der Waals surface area contributed by atoms with Gasteiger partial charge in [-0.25, -0.2) is 4.98 Å². The lowest BCUT2D eigenvalue weighted by Gasteiger charge is -2.14. The van der Waals surface area contributed by atoms with Gasteiger partial charge < -0.3 is 9.88 Å². The molecule has 0 bridgehead atoms. The van der Waals surface area contributed by atoms with Crippen LogP contribution in [0.2, 0.25) is 0 Å². The summed E-state index contributed by atoms with van der Waals surface area (Å²) >= 11 is 0. The van der Waals surface area contributed by atoms with E-state index < -0.39 is 0 Å². The second kappa shape index (κ2) is 4.49. The van der Waals surface area contributed by atoms with Crippen LogP contribution in [0.1, 0.15) is 42.1 Å². The molecule has 2 aromatic rings. The molecule has 0 radical (unpaired) electrons. The van der Waals surface area contributed by atoms with Crippen LogP contribution in [0.4, 0.5) is 0 Å². The molecule has 2 aliphatic rings. The maximum atomic E-state index is 4.36. The second-order valence-electron chi connectivity index (χ2n) is 5.64. The normalized spacial score (nSPS) is 21.8. The second-order valence-corrected chi connectivity index (χ2v) is 5.64. The molecule has 0 amide bonds. The first-order chi connectivity index (χ1) is 9.42. The Balaban J connectivity index is 1.74. The molecule has 1 atom stereocenters. The minimum atomic E-state index is 0.468. The van der Waals surface area contributed by atoms with Crippen molar-refractivity contribution < 1.29 is 0 Å². The van der Waals surface area contributed by atoms with Crippen molar-refractivity contribution in [1.82, 2.24) is 14.9 Å². The third kappa shape index (κ3) is 1.89. The van der Waals surface area contributed by atoms with Gasteiger partial charge in [0.25, 0.3) is 0 Å². The highest BCUT2D eigenvalue weighted by atomic mass is 15.1. The summed E-state index contributed by atoms with van der Waals surface area (Å²) in [5.41, 5.74) is 5.62. The minimum absolute atomic E-state index is 0.468. The fraction of sp³-hybridized carbons (Fsp3) is 0.438. The van der Waals surface area contributed by atoms with Crippen molar-refractivity contribution in [3.63, 3.8) is 0 Å². The van der Waals surface area contributed by atoms with Crippen LogP contribution in [0.15, 0.2) is 30.7 Å². The lowest BCUT2D eigenvalue weighted by atomic mass is 10.1. The summed E-state index contributed by atoms with van der Waals surface area (Å²) in [6, 6.07) is 7.35. The van der Waals surface area contributed by atoms with Gasteiger partial charge in [0.05, 0.1) is 18.2 Å². The number of nitrogens with zero attached hydrogens (tertiary/aromatic N) is 2. The van der Waals surface area contributed by atoms with Crippen molar-refractivity contribution in [3.8, 4) is 5.69 Å². The van der Waals surface area contributed by atoms with Crippen molar-refractivity contribution in [1.29, 1.82) is 0 Å². The zero-order chi connectivity index (χ0) is 12.7. The molecule has 4 rings (SSSR count). The van der Waals surface area contributed by atoms with E-state index in [9.17, 15) is 0 Å². The van der Waals surface area contributed by atoms with Crippen molar-refractivity contribution in [2.24, 2.45) is 0 Å². The van der Waals surface area contributed by atoms with Gasteiger partial charge in [0.1, 0.15) is 0 Å². The lowest BCUT2D eigenvalue weighted by molar-refractivity contribution is 0.615. The molecule has 1 aromatic heterocycles. The largest absolute Gasteiger partial charge is 0.309 e. The van der Waals surface area contributed by atoms with Gasteiger partial charge in [0.2, 0.25) is 0 Å². The number of rotatable bonds is 2. The third-order valence-electron chi connectivity index (χ3n) is 4.44. The Morgan fingerprint density at radius 2 is 2.11 bits per heavy atom. The SMILES string of the molecule is c1cc2c(cc1-n1cncc1C1CCCN1)CCC2. The molecule has 98 valence electrons. The van der Waals surface area contributed by atoms with Crippen molar-refractivity contribution in [2.45, 2.75) is 38.1 Å². The van der Waals surface area contributed by atoms with Gasteiger partial charge >= 0.3 is 0 Å². The van der Waals surface area contributed by atoms with E-state index in [4.69, 9.17) is 0 Å². The fourth-order valence-electron chi connectivity index (χ4n) is 3.42. The Morgan fingerprint density at radius 3 is 3.00 bits per heavy atom. The molecule has 1 N–H and O–H groups in total. The lowest BCUT2D eigenvalue weighted by Crippen LogP contribution is -2.16. The van der Waals surface area contributed by atoms with Crippen LogP contribution in [0.25, 0.3) is 5.69 Å². The molecule has 2 heterocycles. The third-order valence-corrected chi connectivity index (χ3v) is 4.44. The average molecular weight is 253 g/mol. The highest BCUT2D eigenvalue weighted by molar-refractivity contribution is 5.44. The monoisotopic (exact) mass is 253 g/mol. The molecule has 3 heteroatoms. The van der Waals surface area contributed by atoms with E-state index in [1.54, 1.807) is 0 Å². The predicted octanol–water partition coefficient (Wildman–Crippen LogP) is 2.79. The summed E-state index contributed by atoms with van der Waals surface area (Å²) in [4.78, 5) is 4.36. The first-order valence-electron chi connectivity index (χ1n) is 7.29. The number of benzene rings is 1. The van der Waals surface area contributed by atoms with E-state index >= 15 is 0 Å². The van der Waals surface area contributed by atoms with E-state index in [-0.39, 0.29) is 0 Å². The molecule has 1 aliphatic heterocycles. The smallest absolute Gasteiger partial charge is 0.0994 e. The molecule has 0 saturated carbocycles. The number of nitrogens with one attached hydrogen (secondary N) is 1. The van der Waals surface area contributed by atoms with Gasteiger partial charge in [-0.05, 0) is 61.9 Å². The Hall–Kier alpha value is -1.61. The van der Waals surface area contributed by atoms with Crippen molar-refractivity contribution in [2.75, 3.05) is 6.54 Å². The fourth-order valence-corrected chi connectivity index (χ4v) is 3.42. The van der Waals surface area contributed by atoms with Crippen LogP contribution in [-0.4, -0.2) is 16.1 Å². The number of hydrogen-bond acceptors (Lipinski definition) is 2. The highest BCUT2D eigenvalue weighted by Crippen LogP contribution is 2.28. The molecule has 1 unspecified atom stereocenters. The van der Waals surface area contributed by atoms with Gasteiger partial charge in [-0.15, -0.1) is 0 Å². The molecular formula is C16H19N3. The van der Waals surface area contributed by atoms with Gasteiger partial charge in [-0.3, -0.25) is 0 Å². The van der Waals surface area contributed by atoms with Crippen molar-refractivity contribution >= 4 is 0 Å². The molecular weight excluding hydrogens is 234 g/mol. The minimum Gasteiger partial charge on any atom is -0.309 e. The maximum Gasteiger partial charge on any atom is 0.0994 e. The molecule has 1 aromatic carbocycles. The van der Waals surface area contributed by atoms with Crippen LogP contribution in [0.3, 0.4) is 0 Å². The first kappa shape index (κ1) is 11.2. The number of aryl methyl sites for hydroxylation is 2. The van der Waals surface area contributed by atoms with E-state index in [1.807, 2.05) is 12.5 Å². The maximum absolute atomic E-state index is 4.36. The average Bonchev–Trinajstić information content (AvgIpc) is 3.18.